The molecule has 1 rings (SSSR count). The van der Waals surface area contributed by atoms with Crippen LogP contribution in [0.1, 0.15) is 31.7 Å². The Hall–Kier alpha value is -1.05. The van der Waals surface area contributed by atoms with Crippen LogP contribution in [0.2, 0.25) is 0 Å². The van der Waals surface area contributed by atoms with Crippen molar-refractivity contribution in [3.05, 3.63) is 34.2 Å². The van der Waals surface area contributed by atoms with Gasteiger partial charge >= 0.3 is 0 Å². The van der Waals surface area contributed by atoms with Gasteiger partial charge in [-0.3, -0.25) is 4.79 Å². The quantitative estimate of drug-likeness (QED) is 0.656. The maximum atomic E-state index is 11.0. The Bertz CT molecular complexity index is 314. The van der Waals surface area contributed by atoms with E-state index in [1.165, 1.54) is 5.56 Å². The van der Waals surface area contributed by atoms with Crippen molar-refractivity contribution in [1.29, 1.82) is 0 Å². The highest BCUT2D eigenvalue weighted by molar-refractivity contribution is 5.14. The standard InChI is InChI=1S/C10H15NO/c1-4-8(2)9-5-6-10(12)11(3)7-9/h5-8H,4H2,1-3H3. The lowest BCUT2D eigenvalue weighted by Gasteiger charge is -2.09. The van der Waals surface area contributed by atoms with Gasteiger partial charge in [-0.15, -0.1) is 0 Å². The molecule has 0 bridgehead atoms. The Balaban J connectivity index is 3.04. The average molecular weight is 165 g/mol. The minimum atomic E-state index is 0.0575. The van der Waals surface area contributed by atoms with E-state index in [0.717, 1.165) is 6.42 Å². The summed E-state index contributed by atoms with van der Waals surface area (Å²) in [5.74, 6) is 0.539. The zero-order valence-electron chi connectivity index (χ0n) is 7.87. The smallest absolute Gasteiger partial charge is 0.250 e. The van der Waals surface area contributed by atoms with Crippen molar-refractivity contribution in [2.45, 2.75) is 26.2 Å². The van der Waals surface area contributed by atoms with Gasteiger partial charge < -0.3 is 4.57 Å². The van der Waals surface area contributed by atoms with Gasteiger partial charge in [0.1, 0.15) is 0 Å². The number of pyridine rings is 1. The minimum Gasteiger partial charge on any atom is -0.318 e. The number of nitrogens with zero attached hydrogens (tertiary/aromatic N) is 1. The molecule has 1 unspecified atom stereocenters. The summed E-state index contributed by atoms with van der Waals surface area (Å²) in [4.78, 5) is 11.0. The molecule has 0 saturated carbocycles. The van der Waals surface area contributed by atoms with Gasteiger partial charge in [-0.1, -0.05) is 19.9 Å². The molecular formula is C10H15NO. The molecule has 0 aliphatic heterocycles. The molecule has 1 atom stereocenters. The van der Waals surface area contributed by atoms with Crippen molar-refractivity contribution in [3.8, 4) is 0 Å². The Morgan fingerprint density at radius 1 is 1.50 bits per heavy atom. The fourth-order valence-electron chi connectivity index (χ4n) is 1.14. The van der Waals surface area contributed by atoms with Crippen LogP contribution in [0.3, 0.4) is 0 Å². The lowest BCUT2D eigenvalue weighted by molar-refractivity contribution is 0.712. The zero-order valence-corrected chi connectivity index (χ0v) is 7.87. The molecule has 1 aromatic rings. The highest BCUT2D eigenvalue weighted by atomic mass is 16.1. The fourth-order valence-corrected chi connectivity index (χ4v) is 1.14. The molecule has 0 fully saturated rings. The molecule has 2 heteroatoms. The van der Waals surface area contributed by atoms with Crippen molar-refractivity contribution < 1.29 is 0 Å². The SMILES string of the molecule is CCC(C)c1ccc(=O)n(C)c1. The average Bonchev–Trinajstić information content (AvgIpc) is 2.08. The number of aromatic nitrogens is 1. The largest absolute Gasteiger partial charge is 0.318 e. The predicted molar refractivity (Wildman–Crippen MR) is 50.4 cm³/mol. The summed E-state index contributed by atoms with van der Waals surface area (Å²) in [6.07, 6.45) is 3.02. The minimum absolute atomic E-state index is 0.0575. The predicted octanol–water partition coefficient (Wildman–Crippen LogP) is 1.90. The Morgan fingerprint density at radius 2 is 2.17 bits per heavy atom. The van der Waals surface area contributed by atoms with Crippen LogP contribution in [0.15, 0.2) is 23.1 Å². The second kappa shape index (κ2) is 3.57. The molecule has 0 N–H and O–H groups in total. The van der Waals surface area contributed by atoms with Gasteiger partial charge in [-0.2, -0.15) is 0 Å². The van der Waals surface area contributed by atoms with E-state index < -0.39 is 0 Å². The molecule has 0 radical (unpaired) electrons. The van der Waals surface area contributed by atoms with Gasteiger partial charge in [0.05, 0.1) is 0 Å². The molecule has 0 spiro atoms. The number of hydrogen-bond donors (Lipinski definition) is 0. The molecule has 66 valence electrons. The van der Waals surface area contributed by atoms with Crippen molar-refractivity contribution >= 4 is 0 Å². The molecule has 1 heterocycles. The van der Waals surface area contributed by atoms with Crippen LogP contribution >= 0.6 is 0 Å². The van der Waals surface area contributed by atoms with Crippen LogP contribution in [0.5, 0.6) is 0 Å². The second-order valence-corrected chi connectivity index (χ2v) is 3.22. The maximum Gasteiger partial charge on any atom is 0.250 e. The first-order valence-corrected chi connectivity index (χ1v) is 4.31. The van der Waals surface area contributed by atoms with Crippen LogP contribution < -0.4 is 5.56 Å². The van der Waals surface area contributed by atoms with E-state index in [-0.39, 0.29) is 5.56 Å². The van der Waals surface area contributed by atoms with Crippen molar-refractivity contribution in [3.63, 3.8) is 0 Å². The normalized spacial score (nSPS) is 12.9. The van der Waals surface area contributed by atoms with E-state index in [0.29, 0.717) is 5.92 Å². The summed E-state index contributed by atoms with van der Waals surface area (Å²) >= 11 is 0. The van der Waals surface area contributed by atoms with Crippen LogP contribution in [-0.4, -0.2) is 4.57 Å². The van der Waals surface area contributed by atoms with Crippen molar-refractivity contribution in [2.75, 3.05) is 0 Å². The summed E-state index contributed by atoms with van der Waals surface area (Å²) in [5, 5.41) is 0. The van der Waals surface area contributed by atoms with Gasteiger partial charge in [-0.25, -0.2) is 0 Å². The van der Waals surface area contributed by atoms with E-state index in [4.69, 9.17) is 0 Å². The third kappa shape index (κ3) is 1.76. The lowest BCUT2D eigenvalue weighted by Crippen LogP contribution is -2.15. The molecule has 0 amide bonds. The highest BCUT2D eigenvalue weighted by Gasteiger charge is 2.02. The Kier molecular flexibility index (Phi) is 2.69. The second-order valence-electron chi connectivity index (χ2n) is 3.22. The monoisotopic (exact) mass is 165 g/mol. The van der Waals surface area contributed by atoms with Gasteiger partial charge in [0.25, 0.3) is 0 Å². The fraction of sp³-hybridized carbons (Fsp3) is 0.500. The lowest BCUT2D eigenvalue weighted by atomic mass is 10.0. The van der Waals surface area contributed by atoms with E-state index in [1.54, 1.807) is 17.7 Å². The summed E-state index contributed by atoms with van der Waals surface area (Å²) in [5.41, 5.74) is 1.29. The van der Waals surface area contributed by atoms with E-state index in [2.05, 4.69) is 13.8 Å². The van der Waals surface area contributed by atoms with Crippen LogP contribution in [0.4, 0.5) is 0 Å². The Morgan fingerprint density at radius 3 is 2.67 bits per heavy atom. The summed E-state index contributed by atoms with van der Waals surface area (Å²) in [7, 11) is 1.79. The van der Waals surface area contributed by atoms with Crippen LogP contribution in [0, 0.1) is 0 Å². The molecular weight excluding hydrogens is 150 g/mol. The number of hydrogen-bond acceptors (Lipinski definition) is 1. The summed E-state index contributed by atoms with van der Waals surface area (Å²) < 4.78 is 1.63. The summed E-state index contributed by atoms with van der Waals surface area (Å²) in [6.45, 7) is 4.32. The van der Waals surface area contributed by atoms with Gasteiger partial charge in [0, 0.05) is 19.3 Å². The molecule has 1 aromatic heterocycles. The first kappa shape index (κ1) is 9.04. The van der Waals surface area contributed by atoms with Crippen molar-refractivity contribution in [2.24, 2.45) is 7.05 Å². The molecule has 0 saturated heterocycles. The third-order valence-corrected chi connectivity index (χ3v) is 2.29. The first-order valence-electron chi connectivity index (χ1n) is 4.31. The maximum absolute atomic E-state index is 11.0. The topological polar surface area (TPSA) is 22.0 Å². The number of aryl methyl sites for hydroxylation is 1. The van der Waals surface area contributed by atoms with Crippen molar-refractivity contribution in [1.82, 2.24) is 4.57 Å². The third-order valence-electron chi connectivity index (χ3n) is 2.29. The molecule has 0 aliphatic carbocycles. The first-order chi connectivity index (χ1) is 5.65. The van der Waals surface area contributed by atoms with Gasteiger partial charge in [0.2, 0.25) is 5.56 Å². The van der Waals surface area contributed by atoms with Gasteiger partial charge in [0.15, 0.2) is 0 Å². The highest BCUT2D eigenvalue weighted by Crippen LogP contribution is 2.15. The van der Waals surface area contributed by atoms with Gasteiger partial charge in [-0.05, 0) is 17.9 Å². The molecule has 12 heavy (non-hydrogen) atoms. The summed E-state index contributed by atoms with van der Waals surface area (Å²) in [6, 6.07) is 3.54. The van der Waals surface area contributed by atoms with E-state index in [9.17, 15) is 4.79 Å². The van der Waals surface area contributed by atoms with E-state index >= 15 is 0 Å². The Labute approximate surface area is 72.8 Å². The molecule has 0 aromatic carbocycles. The van der Waals surface area contributed by atoms with E-state index in [1.807, 2.05) is 12.3 Å². The van der Waals surface area contributed by atoms with Crippen LogP contribution in [-0.2, 0) is 7.05 Å². The molecule has 2 nitrogen and oxygen atoms in total. The molecule has 0 aliphatic rings. The zero-order chi connectivity index (χ0) is 9.14. The number of rotatable bonds is 2. The van der Waals surface area contributed by atoms with Crippen LogP contribution in [0.25, 0.3) is 0 Å².